The molecule has 182 valence electrons. The number of hydrogen-bond donors (Lipinski definition) is 0. The zero-order valence-corrected chi connectivity index (χ0v) is 26.3. The van der Waals surface area contributed by atoms with Crippen LogP contribution in [0.15, 0.2) is 41.0 Å². The van der Waals surface area contributed by atoms with Gasteiger partial charge in [-0.3, -0.25) is 9.78 Å². The van der Waals surface area contributed by atoms with E-state index in [9.17, 15) is 10.1 Å². The molecule has 0 aliphatic carbocycles. The Kier molecular flexibility index (Phi) is 6.98. The number of nitrogens with zero attached hydrogens (tertiary/aromatic N) is 4. The molecule has 0 N–H and O–H groups in total. The van der Waals surface area contributed by atoms with E-state index in [1.54, 1.807) is 18.3 Å². The summed E-state index contributed by atoms with van der Waals surface area (Å²) in [6.45, 7) is 2.29. The Balaban J connectivity index is 1.88. The van der Waals surface area contributed by atoms with Gasteiger partial charge >= 0.3 is 0 Å². The number of carbonyl (C=O) groups excluding carboxylic acids is 1. The van der Waals surface area contributed by atoms with Crippen LogP contribution in [0.1, 0.15) is 21.6 Å². The molecule has 0 saturated carbocycles. The van der Waals surface area contributed by atoms with Gasteiger partial charge in [-0.25, -0.2) is 0 Å². The van der Waals surface area contributed by atoms with Crippen molar-refractivity contribution >= 4 is 111 Å². The molecule has 1 fully saturated rings. The number of likely N-dealkylation sites (tertiary alicyclic amines) is 1. The second-order valence-electron chi connectivity index (χ2n) is 13.5. The van der Waals surface area contributed by atoms with E-state index in [1.165, 1.54) is 0 Å². The highest BCUT2D eigenvalue weighted by Crippen LogP contribution is 2.68. The fraction of sp³-hybridized carbons (Fsp3) is 0.318. The fourth-order valence-corrected chi connectivity index (χ4v) is 7.23. The Labute approximate surface area is 244 Å². The number of fused-ring (bicyclic) bond motifs is 1. The minimum Gasteiger partial charge on any atom is -0.317 e. The van der Waals surface area contributed by atoms with Crippen molar-refractivity contribution in [2.45, 2.75) is 33.2 Å². The molecule has 1 saturated heterocycles. The average molecular weight is 556 g/mol. The third kappa shape index (κ3) is 3.82. The van der Waals surface area contributed by atoms with Crippen molar-refractivity contribution in [1.82, 2.24) is 14.5 Å². The summed E-state index contributed by atoms with van der Waals surface area (Å²) in [4.78, 5) is 21.6. The zero-order chi connectivity index (χ0) is 28.6. The van der Waals surface area contributed by atoms with Gasteiger partial charge in [0.15, 0.2) is 5.78 Å². The number of piperidine rings is 1. The molecule has 0 unspecified atom stereocenters. The molecule has 0 amide bonds. The van der Waals surface area contributed by atoms with Gasteiger partial charge in [0.25, 0.3) is 0 Å². The highest BCUT2D eigenvalue weighted by Gasteiger charge is 2.65. The summed E-state index contributed by atoms with van der Waals surface area (Å²) in [5.41, 5.74) is 4.57. The van der Waals surface area contributed by atoms with Crippen molar-refractivity contribution in [3.63, 3.8) is 0 Å². The lowest BCUT2D eigenvalue weighted by molar-refractivity contribution is 0.0690. The molecule has 0 spiro atoms. The molecule has 5 nitrogen and oxygen atoms in total. The van der Waals surface area contributed by atoms with Gasteiger partial charge in [-0.2, -0.15) is 5.26 Å². The monoisotopic (exact) mass is 556 g/mol. The van der Waals surface area contributed by atoms with Crippen LogP contribution in [0.3, 0.4) is 0 Å². The van der Waals surface area contributed by atoms with E-state index in [2.05, 4.69) is 110 Å². The van der Waals surface area contributed by atoms with E-state index < -0.39 is 0 Å². The van der Waals surface area contributed by atoms with Crippen molar-refractivity contribution in [2.24, 2.45) is 0 Å². The first kappa shape index (κ1) is 29.1. The van der Waals surface area contributed by atoms with Crippen LogP contribution in [-0.4, -0.2) is 116 Å². The summed E-state index contributed by atoms with van der Waals surface area (Å²) in [7, 11) is 23.3. The Morgan fingerprint density at radius 2 is 1.47 bits per heavy atom. The number of hydrogen-bond acceptors (Lipinski definition) is 4. The summed E-state index contributed by atoms with van der Waals surface area (Å²) in [6.07, 6.45) is 1.76. The highest BCUT2D eigenvalue weighted by molar-refractivity contribution is 9.10. The van der Waals surface area contributed by atoms with Crippen molar-refractivity contribution in [3.05, 3.63) is 57.8 Å². The van der Waals surface area contributed by atoms with Crippen molar-refractivity contribution in [2.75, 3.05) is 6.54 Å². The number of nitriles is 1. The Bertz CT molecular complexity index is 1460. The van der Waals surface area contributed by atoms with Crippen LogP contribution in [0.2, 0.25) is 15.6 Å². The number of carbonyl (C=O) groups is 1. The van der Waals surface area contributed by atoms with Crippen LogP contribution >= 0.6 is 15.9 Å². The molecule has 0 radical (unpaired) electrons. The third-order valence-electron chi connectivity index (χ3n) is 11.4. The maximum atomic E-state index is 14.4. The predicted molar refractivity (Wildman–Crippen MR) is 188 cm³/mol. The molecule has 16 heteroatoms. The van der Waals surface area contributed by atoms with E-state index in [4.69, 9.17) is 4.98 Å². The number of pyridine rings is 1. The Morgan fingerprint density at radius 1 is 0.947 bits per heavy atom. The summed E-state index contributed by atoms with van der Waals surface area (Å²) in [5.74, 6) is 0.0715. The minimum atomic E-state index is -0.249. The van der Waals surface area contributed by atoms with Gasteiger partial charge in [0.2, 0.25) is 0 Å². The van der Waals surface area contributed by atoms with Gasteiger partial charge in [-0.05, 0) is 63.9 Å². The lowest BCUT2D eigenvalue weighted by atomic mass is 9.05. The van der Waals surface area contributed by atoms with Crippen molar-refractivity contribution in [1.29, 1.82) is 5.26 Å². The molecule has 0 atom stereocenters. The van der Waals surface area contributed by atoms with E-state index in [1.807, 2.05) is 25.1 Å². The Morgan fingerprint density at radius 3 is 1.97 bits per heavy atom. The first-order valence-corrected chi connectivity index (χ1v) is 14.1. The first-order valence-electron chi connectivity index (χ1n) is 13.3. The number of Topliss-reactive ketones (excluding diaryl/α,β-unsaturated/α-hetero) is 1. The van der Waals surface area contributed by atoms with Gasteiger partial charge < -0.3 is 9.47 Å². The molecule has 2 aromatic heterocycles. The van der Waals surface area contributed by atoms with Crippen molar-refractivity contribution in [3.8, 4) is 11.8 Å². The van der Waals surface area contributed by atoms with E-state index in [-0.39, 0.29) is 32.1 Å². The van der Waals surface area contributed by atoms with E-state index in [0.717, 1.165) is 21.4 Å². The normalized spacial score (nSPS) is 21.0. The molecule has 3 heterocycles. The molecule has 0 bridgehead atoms. The highest BCUT2D eigenvalue weighted by atomic mass is 79.9. The molecular weight excluding hydrogens is 524 g/mol. The summed E-state index contributed by atoms with van der Waals surface area (Å²) in [6, 6.07) is 11.6. The van der Waals surface area contributed by atoms with Crippen LogP contribution in [0.25, 0.3) is 16.7 Å². The standard InChI is InChI=1S/C22H31B10BrN4O/c1-10-16(17-14(6-12(33)8-35-17)37(10)13-4-2-11(7-34)3-5-13)15(38)9-36-21(29,30)19(25,26)18(23,24)20(27,28)22(36,31)32/h2-6,8H,9,23-32H2,1H3. The van der Waals surface area contributed by atoms with Gasteiger partial charge in [-0.1, -0.05) is 10.4 Å². The van der Waals surface area contributed by atoms with E-state index in [0.29, 0.717) is 23.2 Å². The van der Waals surface area contributed by atoms with Crippen LogP contribution in [0, 0.1) is 18.3 Å². The van der Waals surface area contributed by atoms with Crippen molar-refractivity contribution < 1.29 is 4.79 Å². The molecule has 1 aliphatic rings. The smallest absolute Gasteiger partial charge is 0.180 e. The third-order valence-corrected chi connectivity index (χ3v) is 11.8. The molecular formula is C22H31B10BrN4O. The predicted octanol–water partition coefficient (Wildman–Crippen LogP) is -5.55. The molecule has 1 aromatic carbocycles. The number of rotatable bonds is 4. The summed E-state index contributed by atoms with van der Waals surface area (Å²) in [5, 5.41) is 8.63. The van der Waals surface area contributed by atoms with Gasteiger partial charge in [0, 0.05) is 22.1 Å². The topological polar surface area (TPSA) is 61.9 Å². The SMILES string of the molecule is BC1(B)N(CC(=O)c2c(C)n(-c3ccc(C#N)cc3)c3cc(Br)cnc23)C(B)(B)C(B)(B)C(B)(B)C1(B)B. The van der Waals surface area contributed by atoms with Crippen LogP contribution < -0.4 is 0 Å². The lowest BCUT2D eigenvalue weighted by Crippen LogP contribution is -2.80. The molecule has 38 heavy (non-hydrogen) atoms. The maximum Gasteiger partial charge on any atom is 0.180 e. The number of halogens is 1. The zero-order valence-electron chi connectivity index (χ0n) is 24.7. The largest absolute Gasteiger partial charge is 0.317 e. The van der Waals surface area contributed by atoms with Gasteiger partial charge in [0.1, 0.15) is 31.4 Å². The quantitative estimate of drug-likeness (QED) is 0.238. The number of benzene rings is 1. The first-order chi connectivity index (χ1) is 17.3. The summed E-state index contributed by atoms with van der Waals surface area (Å²) < 4.78 is 2.92. The van der Waals surface area contributed by atoms with Crippen LogP contribution in [0.5, 0.6) is 0 Å². The Hall–Kier alpha value is -1.84. The minimum absolute atomic E-state index is 0.0158. The molecule has 1 aliphatic heterocycles. The summed E-state index contributed by atoms with van der Waals surface area (Å²) >= 11 is 3.57. The van der Waals surface area contributed by atoms with Crippen LogP contribution in [-0.2, 0) is 0 Å². The van der Waals surface area contributed by atoms with Crippen LogP contribution in [0.4, 0.5) is 0 Å². The second-order valence-corrected chi connectivity index (χ2v) is 14.4. The maximum absolute atomic E-state index is 14.4. The average Bonchev–Trinajstić information content (AvgIpc) is 3.11. The number of aromatic nitrogens is 2. The van der Waals surface area contributed by atoms with Gasteiger partial charge in [0.05, 0.1) is 81.9 Å². The van der Waals surface area contributed by atoms with Gasteiger partial charge in [-0.15, -0.1) is 5.21 Å². The molecule has 3 aromatic rings. The number of ketones is 1. The van der Waals surface area contributed by atoms with E-state index >= 15 is 0 Å². The second kappa shape index (κ2) is 9.10. The fourth-order valence-electron chi connectivity index (χ4n) is 6.91. The molecule has 4 rings (SSSR count). The lowest BCUT2D eigenvalue weighted by Gasteiger charge is -2.76.